The van der Waals surface area contributed by atoms with E-state index in [1.165, 1.54) is 128 Å². The molecule has 6 heteroatoms. The average Bonchev–Trinajstić information content (AvgIpc) is 3.33. The van der Waals surface area contributed by atoms with Crippen LogP contribution in [0, 0.1) is 0 Å². The first-order valence-electron chi connectivity index (χ1n) is 28.1. The maximum atomic E-state index is 12.8. The summed E-state index contributed by atoms with van der Waals surface area (Å²) >= 11 is 0. The first-order chi connectivity index (χ1) is 33.0. The van der Waals surface area contributed by atoms with Crippen LogP contribution in [-0.4, -0.2) is 37.2 Å². The van der Waals surface area contributed by atoms with Gasteiger partial charge in [0.15, 0.2) is 6.10 Å². The lowest BCUT2D eigenvalue weighted by Crippen LogP contribution is -2.30. The zero-order valence-corrected chi connectivity index (χ0v) is 43.9. The molecule has 384 valence electrons. The number of rotatable bonds is 50. The van der Waals surface area contributed by atoms with Gasteiger partial charge in [0, 0.05) is 19.3 Å². The molecule has 0 aromatic rings. The van der Waals surface area contributed by atoms with Gasteiger partial charge >= 0.3 is 17.9 Å². The second-order valence-corrected chi connectivity index (χ2v) is 18.5. The second kappa shape index (κ2) is 55.2. The van der Waals surface area contributed by atoms with Gasteiger partial charge in [0.2, 0.25) is 0 Å². The smallest absolute Gasteiger partial charge is 0.306 e. The average molecular weight is 933 g/mol. The Hall–Kier alpha value is -3.41. The lowest BCUT2D eigenvalue weighted by molar-refractivity contribution is -0.167. The Morgan fingerprint density at radius 3 is 0.985 bits per heavy atom. The van der Waals surface area contributed by atoms with E-state index in [9.17, 15) is 14.4 Å². The molecule has 0 spiro atoms. The number of carbonyl (C=O) groups is 3. The highest BCUT2D eigenvalue weighted by atomic mass is 16.6. The number of carbonyl (C=O) groups excluding carboxylic acids is 3. The van der Waals surface area contributed by atoms with E-state index in [1.54, 1.807) is 0 Å². The number of hydrogen-bond donors (Lipinski definition) is 0. The second-order valence-electron chi connectivity index (χ2n) is 18.5. The molecular weight excluding hydrogens is 829 g/mol. The fraction of sp³-hybridized carbons (Fsp3) is 0.721. The molecule has 67 heavy (non-hydrogen) atoms. The van der Waals surface area contributed by atoms with E-state index >= 15 is 0 Å². The first kappa shape index (κ1) is 63.6. The van der Waals surface area contributed by atoms with E-state index in [1.807, 2.05) is 0 Å². The van der Waals surface area contributed by atoms with Crippen molar-refractivity contribution < 1.29 is 28.6 Å². The van der Waals surface area contributed by atoms with Crippen LogP contribution in [0.15, 0.2) is 85.1 Å². The number of allylic oxidation sites excluding steroid dienone is 14. The molecule has 0 aromatic heterocycles. The van der Waals surface area contributed by atoms with Crippen molar-refractivity contribution in [3.8, 4) is 0 Å². The van der Waals surface area contributed by atoms with Crippen molar-refractivity contribution in [1.29, 1.82) is 0 Å². The molecule has 0 aliphatic heterocycles. The lowest BCUT2D eigenvalue weighted by Gasteiger charge is -2.18. The van der Waals surface area contributed by atoms with Gasteiger partial charge in [0.05, 0.1) is 0 Å². The van der Waals surface area contributed by atoms with Crippen LogP contribution >= 0.6 is 0 Å². The molecule has 0 saturated heterocycles. The number of ether oxygens (including phenoxy) is 3. The predicted molar refractivity (Wildman–Crippen MR) is 288 cm³/mol. The number of hydrogen-bond acceptors (Lipinski definition) is 6. The molecule has 6 nitrogen and oxygen atoms in total. The van der Waals surface area contributed by atoms with Crippen LogP contribution in [0.25, 0.3) is 0 Å². The monoisotopic (exact) mass is 933 g/mol. The Balaban J connectivity index is 4.48. The molecule has 0 amide bonds. The van der Waals surface area contributed by atoms with E-state index < -0.39 is 6.10 Å². The summed E-state index contributed by atoms with van der Waals surface area (Å²) in [6.07, 6.45) is 71.4. The van der Waals surface area contributed by atoms with Crippen LogP contribution in [0.4, 0.5) is 0 Å². The van der Waals surface area contributed by atoms with E-state index in [0.29, 0.717) is 19.3 Å². The fourth-order valence-electron chi connectivity index (χ4n) is 7.68. The molecule has 0 aliphatic rings. The Bertz CT molecular complexity index is 1300. The molecule has 0 unspecified atom stereocenters. The Morgan fingerprint density at radius 1 is 0.313 bits per heavy atom. The van der Waals surface area contributed by atoms with Crippen molar-refractivity contribution in [3.05, 3.63) is 85.1 Å². The first-order valence-corrected chi connectivity index (χ1v) is 28.1. The van der Waals surface area contributed by atoms with Crippen molar-refractivity contribution in [2.75, 3.05) is 13.2 Å². The molecule has 0 aromatic carbocycles. The van der Waals surface area contributed by atoms with Gasteiger partial charge in [-0.2, -0.15) is 0 Å². The number of unbranched alkanes of at least 4 members (excludes halogenated alkanes) is 25. The van der Waals surface area contributed by atoms with Gasteiger partial charge < -0.3 is 14.2 Å². The summed E-state index contributed by atoms with van der Waals surface area (Å²) in [7, 11) is 0. The molecule has 0 bridgehead atoms. The Labute approximate surface area is 414 Å². The molecule has 0 saturated carbocycles. The van der Waals surface area contributed by atoms with Gasteiger partial charge in [-0.25, -0.2) is 0 Å². The lowest BCUT2D eigenvalue weighted by atomic mass is 10.0. The van der Waals surface area contributed by atoms with Crippen molar-refractivity contribution in [2.24, 2.45) is 0 Å². The van der Waals surface area contributed by atoms with Crippen LogP contribution in [0.5, 0.6) is 0 Å². The summed E-state index contributed by atoms with van der Waals surface area (Å²) in [5.74, 6) is -0.961. The molecule has 0 fully saturated rings. The largest absolute Gasteiger partial charge is 0.462 e. The number of esters is 3. The van der Waals surface area contributed by atoms with Crippen LogP contribution in [0.3, 0.4) is 0 Å². The highest BCUT2D eigenvalue weighted by Crippen LogP contribution is 2.15. The third-order valence-electron chi connectivity index (χ3n) is 11.9. The molecule has 0 aliphatic carbocycles. The topological polar surface area (TPSA) is 78.9 Å². The Morgan fingerprint density at radius 2 is 0.597 bits per heavy atom. The van der Waals surface area contributed by atoms with E-state index in [4.69, 9.17) is 14.2 Å². The highest BCUT2D eigenvalue weighted by Gasteiger charge is 2.19. The molecule has 0 radical (unpaired) electrons. The minimum absolute atomic E-state index is 0.0999. The van der Waals surface area contributed by atoms with Gasteiger partial charge in [-0.15, -0.1) is 0 Å². The summed E-state index contributed by atoms with van der Waals surface area (Å²) in [6.45, 7) is 6.46. The van der Waals surface area contributed by atoms with E-state index in [0.717, 1.165) is 89.9 Å². The maximum Gasteiger partial charge on any atom is 0.306 e. The van der Waals surface area contributed by atoms with Crippen molar-refractivity contribution >= 4 is 17.9 Å². The summed E-state index contributed by atoms with van der Waals surface area (Å²) in [5.41, 5.74) is 0. The molecule has 1 atom stereocenters. The zero-order valence-electron chi connectivity index (χ0n) is 43.9. The van der Waals surface area contributed by atoms with Crippen molar-refractivity contribution in [1.82, 2.24) is 0 Å². The van der Waals surface area contributed by atoms with Gasteiger partial charge in [0.1, 0.15) is 13.2 Å². The van der Waals surface area contributed by atoms with E-state index in [2.05, 4.69) is 106 Å². The van der Waals surface area contributed by atoms with Crippen LogP contribution in [0.1, 0.15) is 265 Å². The van der Waals surface area contributed by atoms with Gasteiger partial charge in [0.25, 0.3) is 0 Å². The summed E-state index contributed by atoms with van der Waals surface area (Å²) in [6, 6.07) is 0. The van der Waals surface area contributed by atoms with Crippen molar-refractivity contribution in [3.63, 3.8) is 0 Å². The quantitative estimate of drug-likeness (QED) is 0.0262. The fourth-order valence-corrected chi connectivity index (χ4v) is 7.68. The third kappa shape index (κ3) is 53.4. The summed E-state index contributed by atoms with van der Waals surface area (Å²) < 4.78 is 16.8. The van der Waals surface area contributed by atoms with Crippen molar-refractivity contribution in [2.45, 2.75) is 271 Å². The summed E-state index contributed by atoms with van der Waals surface area (Å²) in [4.78, 5) is 38.1. The molecule has 0 heterocycles. The molecular formula is C61H104O6. The SMILES string of the molecule is CC/C=C\C/C=C\C/C=C\C/C=C\C/C=C\CCCC(=O)O[C@H](COC(=O)CCCCCCCCC/C=C\C/C=C\CCCCC)COC(=O)CCCCCCCCCCCCCCCCC. The highest BCUT2D eigenvalue weighted by molar-refractivity contribution is 5.71. The third-order valence-corrected chi connectivity index (χ3v) is 11.9. The standard InChI is InChI=1S/C61H104O6/c1-4-7-10-13-16-19-22-25-28-30-33-36-39-42-45-48-51-54-60(63)66-57-58(56-65-59(62)53-50-47-44-41-38-35-32-27-24-21-18-15-12-9-6-3)67-61(64)55-52-49-46-43-40-37-34-31-29-26-23-20-17-14-11-8-5-2/h8,11,16-17,19-20,25-26,28-29,34,37,43,46,58H,4-7,9-10,12-15,18,21-24,27,30-33,35-36,38-42,44-45,47-57H2,1-3H3/b11-8-,19-16-,20-17-,28-25-,29-26-,37-34-,46-43-/t58-/m0/s1. The predicted octanol–water partition coefficient (Wildman–Crippen LogP) is 18.8. The van der Waals surface area contributed by atoms with Crippen LogP contribution < -0.4 is 0 Å². The minimum atomic E-state index is -0.808. The van der Waals surface area contributed by atoms with Gasteiger partial charge in [-0.05, 0) is 89.9 Å². The molecule has 0 N–H and O–H groups in total. The normalized spacial score (nSPS) is 12.7. The van der Waals surface area contributed by atoms with Gasteiger partial charge in [-0.3, -0.25) is 14.4 Å². The maximum absolute atomic E-state index is 12.8. The van der Waals surface area contributed by atoms with Crippen LogP contribution in [0.2, 0.25) is 0 Å². The minimum Gasteiger partial charge on any atom is -0.462 e. The summed E-state index contributed by atoms with van der Waals surface area (Å²) in [5, 5.41) is 0. The Kier molecular flexibility index (Phi) is 52.4. The van der Waals surface area contributed by atoms with Crippen LogP contribution in [-0.2, 0) is 28.6 Å². The molecule has 0 rings (SSSR count). The van der Waals surface area contributed by atoms with Gasteiger partial charge in [-0.1, -0.05) is 241 Å². The van der Waals surface area contributed by atoms with E-state index in [-0.39, 0.29) is 37.5 Å². The zero-order chi connectivity index (χ0) is 48.6.